The van der Waals surface area contributed by atoms with Crippen molar-refractivity contribution in [1.29, 1.82) is 0 Å². The van der Waals surface area contributed by atoms with Crippen molar-refractivity contribution in [1.82, 2.24) is 15.2 Å². The molecule has 2 atom stereocenters. The summed E-state index contributed by atoms with van der Waals surface area (Å²) in [4.78, 5) is 18.4. The smallest absolute Gasteiger partial charge is 0.244 e. The van der Waals surface area contributed by atoms with E-state index in [4.69, 9.17) is 0 Å². The lowest BCUT2D eigenvalue weighted by Gasteiger charge is -2.38. The highest BCUT2D eigenvalue weighted by atomic mass is 16.1. The van der Waals surface area contributed by atoms with Crippen molar-refractivity contribution < 1.29 is 4.79 Å². The van der Waals surface area contributed by atoms with Crippen LogP contribution in [0.4, 0.5) is 0 Å². The van der Waals surface area contributed by atoms with Crippen LogP contribution in [0.3, 0.4) is 0 Å². The largest absolute Gasteiger partial charge is 0.351 e. The molecule has 0 unspecified atom stereocenters. The van der Waals surface area contributed by atoms with Gasteiger partial charge in [0.25, 0.3) is 0 Å². The van der Waals surface area contributed by atoms with Crippen molar-refractivity contribution in [3.8, 4) is 0 Å². The molecule has 4 heteroatoms. The molecule has 4 nitrogen and oxygen atoms in total. The number of nitrogens with one attached hydrogen (secondary N) is 1. The Morgan fingerprint density at radius 2 is 2.43 bits per heavy atom. The van der Waals surface area contributed by atoms with Crippen LogP contribution >= 0.6 is 0 Å². The van der Waals surface area contributed by atoms with Crippen LogP contribution < -0.4 is 5.32 Å². The van der Waals surface area contributed by atoms with Gasteiger partial charge >= 0.3 is 0 Å². The molecule has 1 aliphatic heterocycles. The van der Waals surface area contributed by atoms with Crippen LogP contribution in [0.15, 0.2) is 30.6 Å². The number of likely N-dealkylation sites (tertiary alicyclic amines) is 1. The molecule has 2 heterocycles. The molecule has 1 aliphatic rings. The molecule has 0 spiro atoms. The summed E-state index contributed by atoms with van der Waals surface area (Å²) in [5.41, 5.74) is 0.936. The van der Waals surface area contributed by atoms with E-state index in [0.717, 1.165) is 12.1 Å². The first-order chi connectivity index (χ1) is 10.2. The Labute approximate surface area is 127 Å². The quantitative estimate of drug-likeness (QED) is 0.846. The van der Waals surface area contributed by atoms with E-state index in [0.29, 0.717) is 18.6 Å². The number of carbonyl (C=O) groups excluding carboxylic acids is 1. The minimum atomic E-state index is -0.0460. The molecule has 1 aromatic rings. The Balaban J connectivity index is 1.77. The first kappa shape index (κ1) is 15.7. The fourth-order valence-corrected chi connectivity index (χ4v) is 2.85. The number of aromatic nitrogens is 1. The molecule has 0 saturated carbocycles. The second kappa shape index (κ2) is 7.93. The number of hydrogen-bond donors (Lipinski definition) is 1. The molecule has 1 aromatic heterocycles. The van der Waals surface area contributed by atoms with E-state index >= 15 is 0 Å². The molecule has 1 amide bonds. The first-order valence-corrected chi connectivity index (χ1v) is 7.78. The van der Waals surface area contributed by atoms with E-state index < -0.39 is 0 Å². The zero-order valence-electron chi connectivity index (χ0n) is 13.0. The fraction of sp³-hybridized carbons (Fsp3) is 0.529. The summed E-state index contributed by atoms with van der Waals surface area (Å²) in [5.74, 6) is -0.0460. The Morgan fingerprint density at radius 1 is 1.57 bits per heavy atom. The number of pyridine rings is 1. The summed E-state index contributed by atoms with van der Waals surface area (Å²) in [6.45, 7) is 6.30. The summed E-state index contributed by atoms with van der Waals surface area (Å²) in [7, 11) is 0. The van der Waals surface area contributed by atoms with E-state index in [1.165, 1.54) is 19.3 Å². The molecule has 21 heavy (non-hydrogen) atoms. The van der Waals surface area contributed by atoms with Gasteiger partial charge in [-0.2, -0.15) is 0 Å². The zero-order chi connectivity index (χ0) is 15.1. The van der Waals surface area contributed by atoms with E-state index in [2.05, 4.69) is 29.0 Å². The Kier molecular flexibility index (Phi) is 5.93. The Hall–Kier alpha value is -1.68. The van der Waals surface area contributed by atoms with Crippen LogP contribution in [0.1, 0.15) is 38.7 Å². The second-order valence-electron chi connectivity index (χ2n) is 5.80. The summed E-state index contributed by atoms with van der Waals surface area (Å²) in [6, 6.07) is 4.79. The molecule has 1 fully saturated rings. The molecular weight excluding hydrogens is 262 g/mol. The molecule has 0 aliphatic carbocycles. The average molecular weight is 287 g/mol. The van der Waals surface area contributed by atoms with Gasteiger partial charge in [-0.3, -0.25) is 14.7 Å². The minimum Gasteiger partial charge on any atom is -0.351 e. The highest BCUT2D eigenvalue weighted by molar-refractivity contribution is 5.91. The highest BCUT2D eigenvalue weighted by Crippen LogP contribution is 2.18. The summed E-state index contributed by atoms with van der Waals surface area (Å²) >= 11 is 0. The summed E-state index contributed by atoms with van der Waals surface area (Å²) in [5, 5.41) is 2.98. The van der Waals surface area contributed by atoms with Gasteiger partial charge in [-0.25, -0.2) is 0 Å². The van der Waals surface area contributed by atoms with Gasteiger partial charge in [0.1, 0.15) is 0 Å². The lowest BCUT2D eigenvalue weighted by molar-refractivity contribution is -0.116. The fourth-order valence-electron chi connectivity index (χ4n) is 2.85. The van der Waals surface area contributed by atoms with Gasteiger partial charge in [0.2, 0.25) is 5.91 Å². The predicted octanol–water partition coefficient (Wildman–Crippen LogP) is 2.47. The van der Waals surface area contributed by atoms with Crippen LogP contribution in [0, 0.1) is 0 Å². The zero-order valence-corrected chi connectivity index (χ0v) is 13.0. The van der Waals surface area contributed by atoms with E-state index in [9.17, 15) is 4.79 Å². The number of piperidine rings is 1. The van der Waals surface area contributed by atoms with Gasteiger partial charge in [0.05, 0.1) is 0 Å². The standard InChI is InChI=1S/C17H25N3O/c1-14-6-3-4-11-20(14)15(2)12-19-17(21)9-8-16-7-5-10-18-13-16/h5,7-10,13-15H,3-4,6,11-12H2,1-2H3,(H,19,21)/b9-8-/t14-,15+/m1/s1. The van der Waals surface area contributed by atoms with Crippen LogP contribution in [0.2, 0.25) is 0 Å². The first-order valence-electron chi connectivity index (χ1n) is 7.78. The van der Waals surface area contributed by atoms with Crippen molar-refractivity contribution in [3.05, 3.63) is 36.2 Å². The maximum Gasteiger partial charge on any atom is 0.244 e. The van der Waals surface area contributed by atoms with Crippen molar-refractivity contribution in [2.24, 2.45) is 0 Å². The van der Waals surface area contributed by atoms with Gasteiger partial charge in [-0.1, -0.05) is 12.5 Å². The SMILES string of the molecule is C[C@@H]1CCCCN1[C@@H](C)CNC(=O)/C=C\c1cccnc1. The summed E-state index contributed by atoms with van der Waals surface area (Å²) < 4.78 is 0. The van der Waals surface area contributed by atoms with E-state index in [1.54, 1.807) is 24.5 Å². The van der Waals surface area contributed by atoms with Crippen molar-refractivity contribution in [2.75, 3.05) is 13.1 Å². The topological polar surface area (TPSA) is 45.2 Å². The van der Waals surface area contributed by atoms with Crippen LogP contribution in [-0.4, -0.2) is 41.0 Å². The summed E-state index contributed by atoms with van der Waals surface area (Å²) in [6.07, 6.45) is 10.7. The molecule has 1 N–H and O–H groups in total. The lowest BCUT2D eigenvalue weighted by atomic mass is 10.0. The normalized spacial score (nSPS) is 21.3. The predicted molar refractivity (Wildman–Crippen MR) is 85.8 cm³/mol. The number of carbonyl (C=O) groups is 1. The van der Waals surface area contributed by atoms with Crippen LogP contribution in [0.5, 0.6) is 0 Å². The van der Waals surface area contributed by atoms with Gasteiger partial charge in [-0.05, 0) is 50.9 Å². The average Bonchev–Trinajstić information content (AvgIpc) is 2.52. The molecule has 2 rings (SSSR count). The Morgan fingerprint density at radius 3 is 3.14 bits per heavy atom. The monoisotopic (exact) mass is 287 g/mol. The maximum absolute atomic E-state index is 11.8. The van der Waals surface area contributed by atoms with Gasteiger partial charge in [0.15, 0.2) is 0 Å². The maximum atomic E-state index is 11.8. The molecule has 0 aromatic carbocycles. The molecule has 1 saturated heterocycles. The minimum absolute atomic E-state index is 0.0460. The molecule has 0 bridgehead atoms. The van der Waals surface area contributed by atoms with Crippen LogP contribution in [0.25, 0.3) is 6.08 Å². The number of hydrogen-bond acceptors (Lipinski definition) is 3. The van der Waals surface area contributed by atoms with E-state index in [-0.39, 0.29) is 5.91 Å². The van der Waals surface area contributed by atoms with E-state index in [1.807, 2.05) is 12.1 Å². The Bertz CT molecular complexity index is 472. The van der Waals surface area contributed by atoms with Crippen molar-refractivity contribution in [2.45, 2.75) is 45.2 Å². The van der Waals surface area contributed by atoms with Crippen LogP contribution in [-0.2, 0) is 4.79 Å². The third kappa shape index (κ3) is 4.97. The van der Waals surface area contributed by atoms with Gasteiger partial charge in [-0.15, -0.1) is 0 Å². The lowest BCUT2D eigenvalue weighted by Crippen LogP contribution is -2.48. The third-order valence-corrected chi connectivity index (χ3v) is 4.10. The van der Waals surface area contributed by atoms with Crippen molar-refractivity contribution in [3.63, 3.8) is 0 Å². The number of rotatable bonds is 5. The number of nitrogens with zero attached hydrogens (tertiary/aromatic N) is 2. The molecule has 0 radical (unpaired) electrons. The van der Waals surface area contributed by atoms with Gasteiger partial charge in [0, 0.05) is 37.1 Å². The number of amides is 1. The molecule has 114 valence electrons. The third-order valence-electron chi connectivity index (χ3n) is 4.10. The highest BCUT2D eigenvalue weighted by Gasteiger charge is 2.22. The van der Waals surface area contributed by atoms with Crippen molar-refractivity contribution >= 4 is 12.0 Å². The van der Waals surface area contributed by atoms with Gasteiger partial charge < -0.3 is 5.32 Å². The second-order valence-corrected chi connectivity index (χ2v) is 5.80. The molecular formula is C17H25N3O.